The molecule has 0 bridgehead atoms. The summed E-state index contributed by atoms with van der Waals surface area (Å²) in [4.78, 5) is 24.4. The molecule has 172 valence electrons. The molecule has 2 fully saturated rings. The van der Waals surface area contributed by atoms with E-state index in [2.05, 4.69) is 0 Å². The lowest BCUT2D eigenvalue weighted by atomic mass is 9.85. The number of carbonyl (C=O) groups is 2. The second kappa shape index (κ2) is 9.79. The smallest absolute Gasteiger partial charge is 0.170 e. The minimum atomic E-state index is -1.22. The predicted octanol–water partition coefficient (Wildman–Crippen LogP) is 1.41. The first kappa shape index (κ1) is 23.9. The van der Waals surface area contributed by atoms with Crippen LogP contribution in [0.3, 0.4) is 0 Å². The average molecular weight is 442 g/mol. The van der Waals surface area contributed by atoms with Crippen molar-refractivity contribution >= 4 is 11.6 Å². The van der Waals surface area contributed by atoms with Crippen LogP contribution in [0.25, 0.3) is 0 Å². The molecule has 3 rings (SSSR count). The van der Waals surface area contributed by atoms with Gasteiger partial charge in [-0.3, -0.25) is 9.59 Å². The van der Waals surface area contributed by atoms with Crippen molar-refractivity contribution in [3.63, 3.8) is 0 Å². The summed E-state index contributed by atoms with van der Waals surface area (Å²) in [5.41, 5.74) is -0.113. The molecule has 9 heteroatoms. The summed E-state index contributed by atoms with van der Waals surface area (Å²) < 4.78 is 37.5. The second-order valence-electron chi connectivity index (χ2n) is 8.56. The zero-order valence-corrected chi connectivity index (χ0v) is 17.4. The molecule has 2 heterocycles. The third-order valence-corrected chi connectivity index (χ3v) is 6.19. The van der Waals surface area contributed by atoms with Gasteiger partial charge in [-0.15, -0.1) is 0 Å². The Morgan fingerprint density at radius 1 is 1.13 bits per heavy atom. The molecule has 3 N–H and O–H groups in total. The maximum Gasteiger partial charge on any atom is 0.170 e. The van der Waals surface area contributed by atoms with Gasteiger partial charge in [0, 0.05) is 30.2 Å². The van der Waals surface area contributed by atoms with Crippen LogP contribution in [0.2, 0.25) is 0 Å². The lowest BCUT2D eigenvalue weighted by molar-refractivity contribution is -0.170. The number of halogens is 2. The number of epoxide rings is 1. The highest BCUT2D eigenvalue weighted by molar-refractivity contribution is 6.08. The van der Waals surface area contributed by atoms with E-state index in [9.17, 15) is 33.7 Å². The fraction of sp³-hybridized carbons (Fsp3) is 0.636. The molecular weight excluding hydrogens is 414 g/mol. The Kier molecular flexibility index (Phi) is 7.54. The van der Waals surface area contributed by atoms with Gasteiger partial charge < -0.3 is 24.8 Å². The van der Waals surface area contributed by atoms with Gasteiger partial charge >= 0.3 is 0 Å². The SMILES string of the molecule is C[C@H]([C@@H]1O[C@H]1C[C@@H]1OC[C@H](CC(=O)CC(=O)c2ccc(F)c(F)c2)[C@@H](O)[C@H]1O)[C@H](C)O. The van der Waals surface area contributed by atoms with Gasteiger partial charge in [0.05, 0.1) is 43.5 Å². The molecule has 2 aliphatic heterocycles. The first-order valence-corrected chi connectivity index (χ1v) is 10.4. The zero-order valence-electron chi connectivity index (χ0n) is 17.4. The molecule has 8 atom stereocenters. The van der Waals surface area contributed by atoms with Crippen LogP contribution in [-0.4, -0.2) is 70.1 Å². The van der Waals surface area contributed by atoms with Crippen molar-refractivity contribution in [2.45, 2.75) is 69.7 Å². The summed E-state index contributed by atoms with van der Waals surface area (Å²) in [5, 5.41) is 30.5. The van der Waals surface area contributed by atoms with E-state index < -0.39 is 60.0 Å². The van der Waals surface area contributed by atoms with E-state index in [4.69, 9.17) is 9.47 Å². The number of ketones is 2. The molecular formula is C22H28F2O7. The maximum atomic E-state index is 13.3. The number of rotatable bonds is 9. The number of aliphatic hydroxyl groups is 3. The highest BCUT2D eigenvalue weighted by Gasteiger charge is 2.48. The fourth-order valence-electron chi connectivity index (χ4n) is 3.96. The lowest BCUT2D eigenvalue weighted by Crippen LogP contribution is -2.51. The lowest BCUT2D eigenvalue weighted by Gasteiger charge is -2.37. The number of aliphatic hydroxyl groups excluding tert-OH is 3. The molecule has 0 unspecified atom stereocenters. The number of hydrogen-bond donors (Lipinski definition) is 3. The Morgan fingerprint density at radius 2 is 1.84 bits per heavy atom. The minimum Gasteiger partial charge on any atom is -0.393 e. The molecule has 0 amide bonds. The molecule has 0 saturated carbocycles. The fourth-order valence-corrected chi connectivity index (χ4v) is 3.96. The quantitative estimate of drug-likeness (QED) is 0.301. The number of carbonyl (C=O) groups excluding carboxylic acids is 2. The summed E-state index contributed by atoms with van der Waals surface area (Å²) in [6.45, 7) is 3.57. The van der Waals surface area contributed by atoms with Crippen LogP contribution in [0.15, 0.2) is 18.2 Å². The molecule has 31 heavy (non-hydrogen) atoms. The van der Waals surface area contributed by atoms with Gasteiger partial charge in [-0.25, -0.2) is 8.78 Å². The Hall–Kier alpha value is -1.78. The van der Waals surface area contributed by atoms with Crippen molar-refractivity contribution in [2.24, 2.45) is 11.8 Å². The van der Waals surface area contributed by atoms with Crippen molar-refractivity contribution in [2.75, 3.05) is 6.61 Å². The third-order valence-electron chi connectivity index (χ3n) is 6.19. The maximum absolute atomic E-state index is 13.3. The Morgan fingerprint density at radius 3 is 2.48 bits per heavy atom. The van der Waals surface area contributed by atoms with Gasteiger partial charge in [0.15, 0.2) is 17.4 Å². The minimum absolute atomic E-state index is 0.0251. The van der Waals surface area contributed by atoms with Crippen molar-refractivity contribution < 1.29 is 43.2 Å². The Bertz CT molecular complexity index is 815. The molecule has 1 aromatic rings. The van der Waals surface area contributed by atoms with E-state index >= 15 is 0 Å². The molecule has 7 nitrogen and oxygen atoms in total. The normalized spacial score (nSPS) is 32.4. The van der Waals surface area contributed by atoms with Gasteiger partial charge in [0.1, 0.15) is 11.9 Å². The Labute approximate surface area is 179 Å². The summed E-state index contributed by atoms with van der Waals surface area (Å²) in [6, 6.07) is 2.66. The first-order valence-electron chi connectivity index (χ1n) is 10.4. The zero-order chi connectivity index (χ0) is 22.9. The van der Waals surface area contributed by atoms with Gasteiger partial charge in [-0.1, -0.05) is 6.92 Å². The summed E-state index contributed by atoms with van der Waals surface area (Å²) in [5.74, 6) is -4.16. The molecule has 2 aliphatic rings. The molecule has 0 aromatic heterocycles. The van der Waals surface area contributed by atoms with Crippen LogP contribution < -0.4 is 0 Å². The molecule has 0 aliphatic carbocycles. The summed E-state index contributed by atoms with van der Waals surface area (Å²) in [6.07, 6.45) is -4.30. The van der Waals surface area contributed by atoms with E-state index in [-0.39, 0.29) is 36.7 Å². The van der Waals surface area contributed by atoms with Gasteiger partial charge in [-0.2, -0.15) is 0 Å². The topological polar surface area (TPSA) is 117 Å². The van der Waals surface area contributed by atoms with E-state index in [1.54, 1.807) is 6.92 Å². The first-order chi connectivity index (χ1) is 14.6. The van der Waals surface area contributed by atoms with Crippen LogP contribution in [0.4, 0.5) is 8.78 Å². The highest BCUT2D eigenvalue weighted by Crippen LogP contribution is 2.37. The largest absolute Gasteiger partial charge is 0.393 e. The molecule has 0 radical (unpaired) electrons. The van der Waals surface area contributed by atoms with Gasteiger partial charge in [0.2, 0.25) is 0 Å². The molecule has 0 spiro atoms. The average Bonchev–Trinajstić information content (AvgIpc) is 3.48. The third kappa shape index (κ3) is 5.72. The van der Waals surface area contributed by atoms with Crippen LogP contribution >= 0.6 is 0 Å². The van der Waals surface area contributed by atoms with E-state index in [1.165, 1.54) is 0 Å². The second-order valence-corrected chi connectivity index (χ2v) is 8.56. The number of hydrogen-bond acceptors (Lipinski definition) is 7. The number of Topliss-reactive ketones (excluding diaryl/α,β-unsaturated/α-hetero) is 2. The van der Waals surface area contributed by atoms with Gasteiger partial charge in [-0.05, 0) is 25.1 Å². The number of benzene rings is 1. The molecule has 1 aromatic carbocycles. The Balaban J connectivity index is 1.48. The van der Waals surface area contributed by atoms with Crippen LogP contribution in [-0.2, 0) is 14.3 Å². The van der Waals surface area contributed by atoms with Crippen LogP contribution in [0.5, 0.6) is 0 Å². The van der Waals surface area contributed by atoms with Crippen molar-refractivity contribution in [1.29, 1.82) is 0 Å². The van der Waals surface area contributed by atoms with Crippen LogP contribution in [0, 0.1) is 23.5 Å². The predicted molar refractivity (Wildman–Crippen MR) is 104 cm³/mol. The van der Waals surface area contributed by atoms with Crippen molar-refractivity contribution in [3.8, 4) is 0 Å². The van der Waals surface area contributed by atoms with Crippen molar-refractivity contribution in [3.05, 3.63) is 35.4 Å². The standard InChI is InChI=1S/C22H28F2O7/c1-10(11(2)25)22-19(31-22)8-18-21(29)20(28)13(9-30-18)5-14(26)7-17(27)12-3-4-15(23)16(24)6-12/h3-4,6,10-11,13,18-22,25,28-29H,5,7-9H2,1-2H3/t10-,11-,13-,18-,19-,20+,21-,22-/m0/s1. The van der Waals surface area contributed by atoms with Crippen molar-refractivity contribution in [1.82, 2.24) is 0 Å². The monoisotopic (exact) mass is 442 g/mol. The number of ether oxygens (including phenoxy) is 2. The van der Waals surface area contributed by atoms with Crippen LogP contribution in [0.1, 0.15) is 43.5 Å². The summed E-state index contributed by atoms with van der Waals surface area (Å²) >= 11 is 0. The van der Waals surface area contributed by atoms with E-state index in [1.807, 2.05) is 6.92 Å². The van der Waals surface area contributed by atoms with E-state index in [0.29, 0.717) is 6.42 Å². The molecule has 2 saturated heterocycles. The van der Waals surface area contributed by atoms with E-state index in [0.717, 1.165) is 18.2 Å². The highest BCUT2D eigenvalue weighted by atomic mass is 19.2. The van der Waals surface area contributed by atoms with Gasteiger partial charge in [0.25, 0.3) is 0 Å². The summed E-state index contributed by atoms with van der Waals surface area (Å²) in [7, 11) is 0.